The van der Waals surface area contributed by atoms with Crippen molar-refractivity contribution >= 4 is 11.8 Å². The Bertz CT molecular complexity index is 886. The number of rotatable bonds is 11. The maximum Gasteiger partial charge on any atom is 0.250 e. The number of benzene rings is 1. The summed E-state index contributed by atoms with van der Waals surface area (Å²) in [6.45, 7) is 6.06. The van der Waals surface area contributed by atoms with E-state index in [1.165, 1.54) is 37.7 Å². The van der Waals surface area contributed by atoms with Crippen molar-refractivity contribution in [3.63, 3.8) is 0 Å². The Hall–Kier alpha value is -2.30. The molecule has 2 fully saturated rings. The summed E-state index contributed by atoms with van der Waals surface area (Å²) in [6, 6.07) is 7.58. The Morgan fingerprint density at radius 2 is 1.75 bits per heavy atom. The summed E-state index contributed by atoms with van der Waals surface area (Å²) < 4.78 is 5.94. The number of unbranched alkanes of at least 4 members (excludes halogenated alkanes) is 3. The van der Waals surface area contributed by atoms with Crippen LogP contribution in [0.3, 0.4) is 0 Å². The Morgan fingerprint density at radius 1 is 0.972 bits per heavy atom. The maximum absolute atomic E-state index is 14.0. The van der Waals surface area contributed by atoms with Gasteiger partial charge in [0.25, 0.3) is 5.91 Å². The van der Waals surface area contributed by atoms with Crippen LogP contribution < -0.4 is 4.74 Å². The van der Waals surface area contributed by atoms with Gasteiger partial charge in [0, 0.05) is 12.6 Å². The number of ether oxygens (including phenoxy) is 1. The molecule has 0 unspecified atom stereocenters. The number of carbonyl (C=O) groups is 2. The van der Waals surface area contributed by atoms with Crippen LogP contribution in [-0.2, 0) is 9.59 Å². The number of hydrogen-bond donors (Lipinski definition) is 0. The Balaban J connectivity index is 1.49. The first kappa shape index (κ1) is 26.8. The number of nitrogens with zero attached hydrogens (tertiary/aromatic N) is 2. The second kappa shape index (κ2) is 13.3. The highest BCUT2D eigenvalue weighted by molar-refractivity contribution is 5.95. The molecular weight excluding hydrogens is 448 g/mol. The molecule has 0 N–H and O–H groups in total. The highest BCUT2D eigenvalue weighted by atomic mass is 16.5. The molecule has 36 heavy (non-hydrogen) atoms. The van der Waals surface area contributed by atoms with Crippen molar-refractivity contribution in [3.05, 3.63) is 41.5 Å². The zero-order valence-electron chi connectivity index (χ0n) is 22.6. The molecule has 1 aliphatic heterocycles. The van der Waals surface area contributed by atoms with Gasteiger partial charge in [0.1, 0.15) is 18.3 Å². The average Bonchev–Trinajstić information content (AvgIpc) is 2.90. The fourth-order valence-corrected chi connectivity index (χ4v) is 6.05. The van der Waals surface area contributed by atoms with Crippen LogP contribution in [0.15, 0.2) is 35.9 Å². The molecule has 1 atom stereocenters. The Morgan fingerprint density at radius 3 is 2.44 bits per heavy atom. The van der Waals surface area contributed by atoms with Crippen LogP contribution in [0.4, 0.5) is 0 Å². The summed E-state index contributed by atoms with van der Waals surface area (Å²) in [5, 5.41) is 0. The molecule has 0 radical (unpaired) electrons. The van der Waals surface area contributed by atoms with E-state index in [2.05, 4.69) is 19.9 Å². The SMILES string of the molecule is CCCCCCOc1ccc([C@H]2C(=O)N(C3CCC(C)CC3)CC(=O)N2CCC2=CCCCC2)cc1. The van der Waals surface area contributed by atoms with E-state index in [9.17, 15) is 9.59 Å². The van der Waals surface area contributed by atoms with Gasteiger partial charge in [-0.15, -0.1) is 0 Å². The molecule has 4 rings (SSSR count). The van der Waals surface area contributed by atoms with E-state index in [1.807, 2.05) is 34.1 Å². The zero-order chi connectivity index (χ0) is 25.3. The summed E-state index contributed by atoms with van der Waals surface area (Å²) >= 11 is 0. The minimum absolute atomic E-state index is 0.0888. The predicted molar refractivity (Wildman–Crippen MR) is 145 cm³/mol. The third-order valence-corrected chi connectivity index (χ3v) is 8.40. The standard InChI is InChI=1S/C31H46N2O3/c1-3-4-5-9-22-36-28-18-14-26(15-19-28)30-31(35)33(27-16-12-24(2)13-17-27)23-29(34)32(30)21-20-25-10-7-6-8-11-25/h10,14-15,18-19,24,27,30H,3-9,11-13,16-17,20-23H2,1-2H3/t24?,27?,30-/m0/s1. The maximum atomic E-state index is 14.0. The quantitative estimate of drug-likeness (QED) is 0.250. The smallest absolute Gasteiger partial charge is 0.250 e. The van der Waals surface area contributed by atoms with Crippen LogP contribution in [-0.4, -0.2) is 47.4 Å². The van der Waals surface area contributed by atoms with E-state index < -0.39 is 6.04 Å². The highest BCUT2D eigenvalue weighted by Gasteiger charge is 2.43. The Labute approximate surface area is 218 Å². The van der Waals surface area contributed by atoms with Crippen LogP contribution in [0, 0.1) is 5.92 Å². The third-order valence-electron chi connectivity index (χ3n) is 8.40. The number of allylic oxidation sites excluding steroid dienone is 1. The van der Waals surface area contributed by atoms with Crippen molar-refractivity contribution in [2.75, 3.05) is 19.7 Å². The molecule has 0 aromatic heterocycles. The van der Waals surface area contributed by atoms with Gasteiger partial charge in [0.05, 0.1) is 6.61 Å². The van der Waals surface area contributed by atoms with E-state index in [1.54, 1.807) is 0 Å². The van der Waals surface area contributed by atoms with Crippen molar-refractivity contribution in [3.8, 4) is 5.75 Å². The first-order valence-corrected chi connectivity index (χ1v) is 14.6. The van der Waals surface area contributed by atoms with Gasteiger partial charge in [-0.2, -0.15) is 0 Å². The Kier molecular flexibility index (Phi) is 9.89. The molecule has 5 nitrogen and oxygen atoms in total. The van der Waals surface area contributed by atoms with E-state index in [4.69, 9.17) is 4.74 Å². The van der Waals surface area contributed by atoms with Gasteiger partial charge in [-0.3, -0.25) is 9.59 Å². The van der Waals surface area contributed by atoms with Gasteiger partial charge >= 0.3 is 0 Å². The van der Waals surface area contributed by atoms with Gasteiger partial charge in [0.2, 0.25) is 5.91 Å². The lowest BCUT2D eigenvalue weighted by Gasteiger charge is -2.45. The summed E-state index contributed by atoms with van der Waals surface area (Å²) in [5.74, 6) is 1.73. The molecule has 1 heterocycles. The molecule has 0 spiro atoms. The summed E-state index contributed by atoms with van der Waals surface area (Å²) in [6.07, 6.45) is 16.9. The van der Waals surface area contributed by atoms with Crippen molar-refractivity contribution in [2.45, 2.75) is 109 Å². The summed E-state index contributed by atoms with van der Waals surface area (Å²) in [5.41, 5.74) is 2.34. The number of carbonyl (C=O) groups excluding carboxylic acids is 2. The zero-order valence-corrected chi connectivity index (χ0v) is 22.6. The predicted octanol–water partition coefficient (Wildman–Crippen LogP) is 6.83. The molecule has 1 aromatic rings. The second-order valence-corrected chi connectivity index (χ2v) is 11.2. The van der Waals surface area contributed by atoms with E-state index >= 15 is 0 Å². The van der Waals surface area contributed by atoms with Gasteiger partial charge in [-0.25, -0.2) is 0 Å². The molecule has 198 valence electrons. The molecule has 0 bridgehead atoms. The summed E-state index contributed by atoms with van der Waals surface area (Å²) in [7, 11) is 0. The molecular formula is C31H46N2O3. The molecule has 1 aromatic carbocycles. The van der Waals surface area contributed by atoms with Gasteiger partial charge in [-0.05, 0) is 87.8 Å². The van der Waals surface area contributed by atoms with Gasteiger partial charge < -0.3 is 14.5 Å². The van der Waals surface area contributed by atoms with E-state index in [0.717, 1.165) is 69.3 Å². The molecule has 1 saturated carbocycles. The van der Waals surface area contributed by atoms with Crippen LogP contribution in [0.25, 0.3) is 0 Å². The van der Waals surface area contributed by atoms with Gasteiger partial charge in [0.15, 0.2) is 0 Å². The number of hydrogen-bond acceptors (Lipinski definition) is 3. The normalized spacial score (nSPS) is 25.2. The van der Waals surface area contributed by atoms with Crippen LogP contribution in [0.1, 0.15) is 109 Å². The van der Waals surface area contributed by atoms with Crippen LogP contribution >= 0.6 is 0 Å². The second-order valence-electron chi connectivity index (χ2n) is 11.2. The third kappa shape index (κ3) is 6.92. The molecule has 1 saturated heterocycles. The minimum atomic E-state index is -0.534. The van der Waals surface area contributed by atoms with Crippen molar-refractivity contribution in [2.24, 2.45) is 5.92 Å². The number of piperazine rings is 1. The van der Waals surface area contributed by atoms with Crippen molar-refractivity contribution in [1.29, 1.82) is 0 Å². The lowest BCUT2D eigenvalue weighted by molar-refractivity contribution is -0.159. The summed E-state index contributed by atoms with van der Waals surface area (Å²) in [4.78, 5) is 31.2. The van der Waals surface area contributed by atoms with Crippen molar-refractivity contribution < 1.29 is 14.3 Å². The topological polar surface area (TPSA) is 49.9 Å². The lowest BCUT2D eigenvalue weighted by atomic mass is 9.85. The van der Waals surface area contributed by atoms with E-state index in [-0.39, 0.29) is 24.4 Å². The minimum Gasteiger partial charge on any atom is -0.494 e. The first-order chi connectivity index (χ1) is 17.6. The largest absolute Gasteiger partial charge is 0.494 e. The van der Waals surface area contributed by atoms with E-state index in [0.29, 0.717) is 12.5 Å². The lowest BCUT2D eigenvalue weighted by Crippen LogP contribution is -2.58. The van der Waals surface area contributed by atoms with Crippen LogP contribution in [0.5, 0.6) is 5.75 Å². The molecule has 3 aliphatic rings. The molecule has 2 aliphatic carbocycles. The highest BCUT2D eigenvalue weighted by Crippen LogP contribution is 2.35. The fraction of sp³-hybridized carbons (Fsp3) is 0.677. The van der Waals surface area contributed by atoms with Gasteiger partial charge in [-0.1, -0.05) is 56.9 Å². The molecule has 2 amide bonds. The van der Waals surface area contributed by atoms with Crippen LogP contribution in [0.2, 0.25) is 0 Å². The monoisotopic (exact) mass is 494 g/mol. The number of amides is 2. The fourth-order valence-electron chi connectivity index (χ4n) is 6.05. The average molecular weight is 495 g/mol. The molecule has 5 heteroatoms. The first-order valence-electron chi connectivity index (χ1n) is 14.6. The van der Waals surface area contributed by atoms with Crippen molar-refractivity contribution in [1.82, 2.24) is 9.80 Å².